The number of morpholine rings is 1. The van der Waals surface area contributed by atoms with Gasteiger partial charge in [-0.2, -0.15) is 0 Å². The highest BCUT2D eigenvalue weighted by Gasteiger charge is 2.39. The highest BCUT2D eigenvalue weighted by molar-refractivity contribution is 14.0. The van der Waals surface area contributed by atoms with Gasteiger partial charge in [0.2, 0.25) is 0 Å². The molecular weight excluding hydrogens is 361 g/mol. The normalized spacial score (nSPS) is 19.2. The number of carboxylic acids is 1. The van der Waals surface area contributed by atoms with E-state index in [0.29, 0.717) is 31.9 Å². The molecule has 106 valence electrons. The van der Waals surface area contributed by atoms with Crippen molar-refractivity contribution in [1.82, 2.24) is 4.90 Å². The fraction of sp³-hybridized carbons (Fsp3) is 0.462. The first-order valence-corrected chi connectivity index (χ1v) is 5.94. The number of aliphatic hydroxyl groups is 1. The first-order valence-electron chi connectivity index (χ1n) is 5.94. The van der Waals surface area contributed by atoms with E-state index >= 15 is 0 Å². The van der Waals surface area contributed by atoms with Crippen molar-refractivity contribution in [3.8, 4) is 0 Å². The number of hydrogen-bond donors (Lipinski definition) is 2. The van der Waals surface area contributed by atoms with E-state index in [4.69, 9.17) is 4.74 Å². The molecule has 1 unspecified atom stereocenters. The van der Waals surface area contributed by atoms with Gasteiger partial charge in [0, 0.05) is 19.6 Å². The predicted molar refractivity (Wildman–Crippen MR) is 80.6 cm³/mol. The van der Waals surface area contributed by atoms with Crippen molar-refractivity contribution in [2.24, 2.45) is 0 Å². The lowest BCUT2D eigenvalue weighted by molar-refractivity contribution is -0.163. The number of carbonyl (C=O) groups is 1. The molecule has 0 aromatic heterocycles. The van der Waals surface area contributed by atoms with Crippen molar-refractivity contribution < 1.29 is 19.7 Å². The summed E-state index contributed by atoms with van der Waals surface area (Å²) in [6.45, 7) is 2.51. The van der Waals surface area contributed by atoms with Gasteiger partial charge >= 0.3 is 5.97 Å². The maximum absolute atomic E-state index is 11.4. The molecule has 1 fully saturated rings. The first-order chi connectivity index (χ1) is 8.63. The van der Waals surface area contributed by atoms with Crippen LogP contribution in [0.4, 0.5) is 0 Å². The van der Waals surface area contributed by atoms with Gasteiger partial charge in [0.05, 0.1) is 13.2 Å². The molecule has 1 atom stereocenters. The smallest absolute Gasteiger partial charge is 0.341 e. The van der Waals surface area contributed by atoms with Gasteiger partial charge in [-0.15, -0.1) is 24.0 Å². The molecule has 1 saturated heterocycles. The average Bonchev–Trinajstić information content (AvgIpc) is 2.40. The Labute approximate surface area is 129 Å². The Morgan fingerprint density at radius 2 is 1.84 bits per heavy atom. The maximum Gasteiger partial charge on any atom is 0.341 e. The summed E-state index contributed by atoms with van der Waals surface area (Å²) in [4.78, 5) is 13.3. The molecule has 0 bridgehead atoms. The molecule has 1 aromatic carbocycles. The van der Waals surface area contributed by atoms with Gasteiger partial charge in [-0.25, -0.2) is 4.79 Å². The van der Waals surface area contributed by atoms with Crippen LogP contribution in [0.3, 0.4) is 0 Å². The lowest BCUT2D eigenvalue weighted by Crippen LogP contribution is -2.49. The summed E-state index contributed by atoms with van der Waals surface area (Å²) in [7, 11) is 0. The largest absolute Gasteiger partial charge is 0.479 e. The van der Waals surface area contributed by atoms with Crippen molar-refractivity contribution >= 4 is 29.9 Å². The molecule has 6 heteroatoms. The number of nitrogens with zero attached hydrogens (tertiary/aromatic N) is 1. The molecule has 1 aromatic rings. The summed E-state index contributed by atoms with van der Waals surface area (Å²) in [6, 6.07) is 8.51. The maximum atomic E-state index is 11.4. The van der Waals surface area contributed by atoms with Crippen LogP contribution in [0.1, 0.15) is 5.56 Å². The first kappa shape index (κ1) is 16.4. The molecule has 0 radical (unpaired) electrons. The Bertz CT molecular complexity index is 408. The molecule has 0 amide bonds. The summed E-state index contributed by atoms with van der Waals surface area (Å²) < 4.78 is 5.21. The predicted octanol–water partition coefficient (Wildman–Crippen LogP) is 0.909. The third-order valence-electron chi connectivity index (χ3n) is 3.16. The Kier molecular flexibility index (Phi) is 6.18. The molecular formula is C13H18INO4. The van der Waals surface area contributed by atoms with Crippen molar-refractivity contribution in [2.45, 2.75) is 5.60 Å². The van der Waals surface area contributed by atoms with E-state index in [9.17, 15) is 15.0 Å². The van der Waals surface area contributed by atoms with Crippen LogP contribution in [0.25, 0.3) is 0 Å². The summed E-state index contributed by atoms with van der Waals surface area (Å²) >= 11 is 0. The molecule has 0 saturated carbocycles. The second-order valence-corrected chi connectivity index (χ2v) is 4.42. The minimum absolute atomic E-state index is 0. The summed E-state index contributed by atoms with van der Waals surface area (Å²) in [5.41, 5.74) is -1.46. The van der Waals surface area contributed by atoms with Crippen molar-refractivity contribution in [2.75, 3.05) is 32.8 Å². The van der Waals surface area contributed by atoms with Crippen molar-refractivity contribution in [3.05, 3.63) is 35.9 Å². The number of hydrogen-bond acceptors (Lipinski definition) is 4. The second kappa shape index (κ2) is 7.18. The van der Waals surface area contributed by atoms with E-state index in [-0.39, 0.29) is 30.5 Å². The van der Waals surface area contributed by atoms with Gasteiger partial charge in [0.15, 0.2) is 5.60 Å². The van der Waals surface area contributed by atoms with Crippen LogP contribution in [0, 0.1) is 0 Å². The number of β-amino-alcohol motifs (C(OH)–C–C–N with tert-alkyl or cyclic N) is 1. The Hall–Kier alpha value is -0.700. The molecule has 0 spiro atoms. The highest BCUT2D eigenvalue weighted by atomic mass is 127. The van der Waals surface area contributed by atoms with Crippen LogP contribution in [0.2, 0.25) is 0 Å². The monoisotopic (exact) mass is 379 g/mol. The molecule has 1 aliphatic rings. The lowest BCUT2D eigenvalue weighted by atomic mass is 9.93. The Morgan fingerprint density at radius 1 is 1.26 bits per heavy atom. The number of benzene rings is 1. The molecule has 5 nitrogen and oxygen atoms in total. The topological polar surface area (TPSA) is 70.0 Å². The van der Waals surface area contributed by atoms with Gasteiger partial charge in [-0.1, -0.05) is 30.3 Å². The fourth-order valence-electron chi connectivity index (χ4n) is 2.08. The zero-order chi connectivity index (χ0) is 13.0. The van der Waals surface area contributed by atoms with E-state index in [2.05, 4.69) is 0 Å². The van der Waals surface area contributed by atoms with Gasteiger partial charge in [-0.3, -0.25) is 4.90 Å². The van der Waals surface area contributed by atoms with Crippen molar-refractivity contribution in [1.29, 1.82) is 0 Å². The molecule has 2 rings (SSSR count). The van der Waals surface area contributed by atoms with Gasteiger partial charge in [0.25, 0.3) is 0 Å². The van der Waals surface area contributed by atoms with Crippen LogP contribution in [0.15, 0.2) is 30.3 Å². The number of ether oxygens (including phenoxy) is 1. The second-order valence-electron chi connectivity index (χ2n) is 4.42. The van der Waals surface area contributed by atoms with Gasteiger partial charge < -0.3 is 14.9 Å². The van der Waals surface area contributed by atoms with Gasteiger partial charge in [0.1, 0.15) is 0 Å². The average molecular weight is 379 g/mol. The lowest BCUT2D eigenvalue weighted by Gasteiger charge is -2.33. The van der Waals surface area contributed by atoms with E-state index in [1.165, 1.54) is 0 Å². The third kappa shape index (κ3) is 3.88. The number of aliphatic carboxylic acids is 1. The van der Waals surface area contributed by atoms with Crippen LogP contribution in [0.5, 0.6) is 0 Å². The highest BCUT2D eigenvalue weighted by Crippen LogP contribution is 2.23. The molecule has 0 aliphatic carbocycles. The molecule has 1 aliphatic heterocycles. The van der Waals surface area contributed by atoms with Gasteiger partial charge in [-0.05, 0) is 5.56 Å². The quantitative estimate of drug-likeness (QED) is 0.762. The summed E-state index contributed by atoms with van der Waals surface area (Å²) in [5, 5.41) is 19.7. The van der Waals surface area contributed by atoms with E-state index < -0.39 is 11.6 Å². The summed E-state index contributed by atoms with van der Waals surface area (Å²) in [5.74, 6) is -1.22. The molecule has 1 heterocycles. The zero-order valence-corrected chi connectivity index (χ0v) is 12.8. The SMILES string of the molecule is I.O=C(O)C(O)(CN1CCOCC1)c1ccccc1. The molecule has 2 N–H and O–H groups in total. The zero-order valence-electron chi connectivity index (χ0n) is 10.5. The molecule has 19 heavy (non-hydrogen) atoms. The standard InChI is InChI=1S/C13H17NO4.HI/c15-12(16)13(17,11-4-2-1-3-5-11)10-14-6-8-18-9-7-14;/h1-5,17H,6-10H2,(H,15,16);1H. The number of carboxylic acid groups (broad SMARTS) is 1. The fourth-order valence-corrected chi connectivity index (χ4v) is 2.08. The van der Waals surface area contributed by atoms with Crippen LogP contribution >= 0.6 is 24.0 Å². The third-order valence-corrected chi connectivity index (χ3v) is 3.16. The van der Waals surface area contributed by atoms with Crippen LogP contribution in [-0.4, -0.2) is 53.9 Å². The van der Waals surface area contributed by atoms with Crippen molar-refractivity contribution in [3.63, 3.8) is 0 Å². The summed E-state index contributed by atoms with van der Waals surface area (Å²) in [6.07, 6.45) is 0. The van der Waals surface area contributed by atoms with E-state index in [1.54, 1.807) is 30.3 Å². The Morgan fingerprint density at radius 3 is 2.37 bits per heavy atom. The minimum atomic E-state index is -1.86. The van der Waals surface area contributed by atoms with E-state index in [1.807, 2.05) is 4.90 Å². The number of rotatable bonds is 4. The van der Waals surface area contributed by atoms with E-state index in [0.717, 1.165) is 0 Å². The van der Waals surface area contributed by atoms with Crippen LogP contribution in [-0.2, 0) is 15.1 Å². The number of halogens is 1. The van der Waals surface area contributed by atoms with Crippen LogP contribution < -0.4 is 0 Å². The minimum Gasteiger partial charge on any atom is -0.479 e. The Balaban J connectivity index is 0.00000180.